The van der Waals surface area contributed by atoms with Crippen LogP contribution in [0.3, 0.4) is 0 Å². The number of carbonyl (C=O) groups is 1. The van der Waals surface area contributed by atoms with Crippen molar-refractivity contribution in [2.75, 3.05) is 28.4 Å². The Morgan fingerprint density at radius 3 is 1.79 bits per heavy atom. The Morgan fingerprint density at radius 1 is 0.792 bits per heavy atom. The van der Waals surface area contributed by atoms with Crippen LogP contribution in [-0.2, 0) is 4.74 Å². The minimum Gasteiger partial charge on any atom is -0.493 e. The van der Waals surface area contributed by atoms with E-state index in [-0.39, 0.29) is 5.97 Å². The van der Waals surface area contributed by atoms with E-state index in [1.807, 2.05) is 36.4 Å². The number of methoxy groups -OCH3 is 4. The molecule has 126 valence electrons. The van der Waals surface area contributed by atoms with Gasteiger partial charge in [-0.15, -0.1) is 0 Å². The lowest BCUT2D eigenvalue weighted by Gasteiger charge is -2.12. The quantitative estimate of drug-likeness (QED) is 0.598. The van der Waals surface area contributed by atoms with Crippen LogP contribution in [0.4, 0.5) is 0 Å². The first kappa shape index (κ1) is 17.4. The second-order valence-corrected chi connectivity index (χ2v) is 4.91. The molecule has 0 aliphatic heterocycles. The summed E-state index contributed by atoms with van der Waals surface area (Å²) in [6, 6.07) is 10.9. The third-order valence-corrected chi connectivity index (χ3v) is 3.49. The molecule has 0 heterocycles. The minimum atomic E-state index is -0.352. The fourth-order valence-electron chi connectivity index (χ4n) is 2.24. The molecule has 0 aromatic heterocycles. The van der Waals surface area contributed by atoms with Crippen molar-refractivity contribution in [2.45, 2.75) is 0 Å². The average molecular weight is 328 g/mol. The topological polar surface area (TPSA) is 54.0 Å². The van der Waals surface area contributed by atoms with Crippen LogP contribution < -0.4 is 14.2 Å². The molecule has 0 amide bonds. The van der Waals surface area contributed by atoms with Crippen LogP contribution in [0.1, 0.15) is 21.5 Å². The lowest BCUT2D eigenvalue weighted by atomic mass is 10.1. The van der Waals surface area contributed by atoms with Gasteiger partial charge in [0.2, 0.25) is 5.75 Å². The predicted octanol–water partition coefficient (Wildman–Crippen LogP) is 3.67. The van der Waals surface area contributed by atoms with Gasteiger partial charge in [0.1, 0.15) is 0 Å². The highest BCUT2D eigenvalue weighted by molar-refractivity contribution is 5.89. The Hall–Kier alpha value is -2.95. The monoisotopic (exact) mass is 328 g/mol. The highest BCUT2D eigenvalue weighted by Gasteiger charge is 2.12. The van der Waals surface area contributed by atoms with Gasteiger partial charge in [0.15, 0.2) is 11.5 Å². The molecule has 0 bridgehead atoms. The van der Waals surface area contributed by atoms with Gasteiger partial charge in [-0.25, -0.2) is 4.79 Å². The van der Waals surface area contributed by atoms with Gasteiger partial charge < -0.3 is 18.9 Å². The van der Waals surface area contributed by atoms with E-state index in [1.54, 1.807) is 33.5 Å². The van der Waals surface area contributed by atoms with Gasteiger partial charge in [0.05, 0.1) is 34.0 Å². The van der Waals surface area contributed by atoms with Gasteiger partial charge in [-0.2, -0.15) is 0 Å². The first-order valence-electron chi connectivity index (χ1n) is 7.29. The second kappa shape index (κ2) is 8.06. The maximum Gasteiger partial charge on any atom is 0.337 e. The van der Waals surface area contributed by atoms with Gasteiger partial charge in [0, 0.05) is 0 Å². The third kappa shape index (κ3) is 3.87. The van der Waals surface area contributed by atoms with E-state index in [1.165, 1.54) is 7.11 Å². The summed E-state index contributed by atoms with van der Waals surface area (Å²) in [6.07, 6.45) is 3.86. The molecule has 5 nitrogen and oxygen atoms in total. The SMILES string of the molecule is COC(=O)c1ccc(/C=C/c2cc(OC)c(OC)c(OC)c2)cc1. The van der Waals surface area contributed by atoms with Gasteiger partial charge in [0.25, 0.3) is 0 Å². The number of carbonyl (C=O) groups excluding carboxylic acids is 1. The number of hydrogen-bond donors (Lipinski definition) is 0. The van der Waals surface area contributed by atoms with Crippen LogP contribution in [0.2, 0.25) is 0 Å². The molecule has 0 saturated heterocycles. The van der Waals surface area contributed by atoms with Crippen LogP contribution in [0.5, 0.6) is 17.2 Å². The molecule has 0 spiro atoms. The van der Waals surface area contributed by atoms with Crippen molar-refractivity contribution in [2.24, 2.45) is 0 Å². The van der Waals surface area contributed by atoms with Gasteiger partial charge >= 0.3 is 5.97 Å². The van der Waals surface area contributed by atoms with E-state index in [0.717, 1.165) is 11.1 Å². The van der Waals surface area contributed by atoms with Crippen molar-refractivity contribution < 1.29 is 23.7 Å². The van der Waals surface area contributed by atoms with E-state index in [9.17, 15) is 4.79 Å². The number of ether oxygens (including phenoxy) is 4. The molecule has 0 atom stereocenters. The summed E-state index contributed by atoms with van der Waals surface area (Å²) in [6.45, 7) is 0. The number of rotatable bonds is 6. The van der Waals surface area contributed by atoms with Crippen LogP contribution in [0.15, 0.2) is 36.4 Å². The summed E-state index contributed by atoms with van der Waals surface area (Å²) in [4.78, 5) is 11.4. The Bertz CT molecular complexity index is 707. The van der Waals surface area contributed by atoms with Gasteiger partial charge in [-0.05, 0) is 35.4 Å². The molecule has 0 unspecified atom stereocenters. The van der Waals surface area contributed by atoms with Crippen molar-refractivity contribution in [1.82, 2.24) is 0 Å². The van der Waals surface area contributed by atoms with E-state index >= 15 is 0 Å². The summed E-state index contributed by atoms with van der Waals surface area (Å²) >= 11 is 0. The number of esters is 1. The molecule has 0 aliphatic rings. The molecule has 0 radical (unpaired) electrons. The van der Waals surface area contributed by atoms with E-state index in [4.69, 9.17) is 14.2 Å². The summed E-state index contributed by atoms with van der Waals surface area (Å²) in [5.74, 6) is 1.39. The van der Waals surface area contributed by atoms with Crippen LogP contribution >= 0.6 is 0 Å². The minimum absolute atomic E-state index is 0.352. The largest absolute Gasteiger partial charge is 0.493 e. The lowest BCUT2D eigenvalue weighted by Crippen LogP contribution is -2.00. The zero-order valence-corrected chi connectivity index (χ0v) is 14.2. The molecule has 2 aromatic carbocycles. The van der Waals surface area contributed by atoms with Gasteiger partial charge in [-0.3, -0.25) is 0 Å². The zero-order chi connectivity index (χ0) is 17.5. The number of hydrogen-bond acceptors (Lipinski definition) is 5. The first-order chi connectivity index (χ1) is 11.6. The fourth-order valence-corrected chi connectivity index (χ4v) is 2.24. The average Bonchev–Trinajstić information content (AvgIpc) is 2.65. The molecular weight excluding hydrogens is 308 g/mol. The first-order valence-corrected chi connectivity index (χ1v) is 7.29. The molecule has 5 heteroatoms. The smallest absolute Gasteiger partial charge is 0.337 e. The predicted molar refractivity (Wildman–Crippen MR) is 92.8 cm³/mol. The summed E-state index contributed by atoms with van der Waals surface area (Å²) < 4.78 is 20.7. The normalized spacial score (nSPS) is 10.5. The standard InChI is InChI=1S/C19H20O5/c1-21-16-11-14(12-17(22-2)18(16)23-3)6-5-13-7-9-15(10-8-13)19(20)24-4/h5-12H,1-4H3/b6-5+. The molecule has 0 fully saturated rings. The Balaban J connectivity index is 2.27. The Labute approximate surface area is 141 Å². The lowest BCUT2D eigenvalue weighted by molar-refractivity contribution is 0.0600. The molecular formula is C19H20O5. The van der Waals surface area contributed by atoms with Crippen LogP contribution in [0, 0.1) is 0 Å². The maximum absolute atomic E-state index is 11.4. The third-order valence-electron chi connectivity index (χ3n) is 3.49. The van der Waals surface area contributed by atoms with Crippen LogP contribution in [0.25, 0.3) is 12.2 Å². The molecule has 24 heavy (non-hydrogen) atoms. The Kier molecular flexibility index (Phi) is 5.84. The van der Waals surface area contributed by atoms with E-state index in [0.29, 0.717) is 22.8 Å². The van der Waals surface area contributed by atoms with Gasteiger partial charge in [-0.1, -0.05) is 24.3 Å². The molecule has 0 aliphatic carbocycles. The van der Waals surface area contributed by atoms with E-state index in [2.05, 4.69) is 4.74 Å². The molecule has 2 rings (SSSR count). The highest BCUT2D eigenvalue weighted by Crippen LogP contribution is 2.38. The van der Waals surface area contributed by atoms with Crippen molar-refractivity contribution in [3.8, 4) is 17.2 Å². The zero-order valence-electron chi connectivity index (χ0n) is 14.2. The number of benzene rings is 2. The summed E-state index contributed by atoms with van der Waals surface area (Å²) in [5.41, 5.74) is 2.38. The highest BCUT2D eigenvalue weighted by atomic mass is 16.5. The van der Waals surface area contributed by atoms with Crippen molar-refractivity contribution in [3.63, 3.8) is 0 Å². The molecule has 0 N–H and O–H groups in total. The summed E-state index contributed by atoms with van der Waals surface area (Å²) in [7, 11) is 6.09. The van der Waals surface area contributed by atoms with Crippen molar-refractivity contribution in [1.29, 1.82) is 0 Å². The second-order valence-electron chi connectivity index (χ2n) is 4.91. The Morgan fingerprint density at radius 2 is 1.33 bits per heavy atom. The summed E-state index contributed by atoms with van der Waals surface area (Å²) in [5, 5.41) is 0. The maximum atomic E-state index is 11.4. The van der Waals surface area contributed by atoms with Crippen LogP contribution in [-0.4, -0.2) is 34.4 Å². The van der Waals surface area contributed by atoms with Crippen molar-refractivity contribution in [3.05, 3.63) is 53.1 Å². The molecule has 0 saturated carbocycles. The van der Waals surface area contributed by atoms with E-state index < -0.39 is 0 Å². The molecule has 2 aromatic rings. The fraction of sp³-hybridized carbons (Fsp3) is 0.211. The van der Waals surface area contributed by atoms with Crippen molar-refractivity contribution >= 4 is 18.1 Å².